The molecule has 0 unspecified atom stereocenters. The minimum absolute atomic E-state index is 0.186. The lowest BCUT2D eigenvalue weighted by Crippen LogP contribution is -2.44. The van der Waals surface area contributed by atoms with E-state index in [1.54, 1.807) is 16.4 Å². The van der Waals surface area contributed by atoms with Crippen molar-refractivity contribution in [1.82, 2.24) is 9.21 Å². The monoisotopic (exact) mass is 470 g/mol. The number of nitrogens with one attached hydrogen (secondary N) is 1. The lowest BCUT2D eigenvalue weighted by Gasteiger charge is -2.34. The molecule has 4 rings (SSSR count). The number of carbonyl (C=O) groups excluding carboxylic acids is 1. The van der Waals surface area contributed by atoms with Gasteiger partial charge in [0.15, 0.2) is 0 Å². The Hall–Kier alpha value is -2.42. The number of hydrogen-bond acceptors (Lipinski definition) is 5. The van der Waals surface area contributed by atoms with Crippen molar-refractivity contribution in [1.29, 1.82) is 0 Å². The van der Waals surface area contributed by atoms with Crippen LogP contribution in [0.3, 0.4) is 0 Å². The number of aryl methyl sites for hydroxylation is 1. The Morgan fingerprint density at radius 1 is 0.848 bits per heavy atom. The molecule has 2 fully saturated rings. The van der Waals surface area contributed by atoms with E-state index < -0.39 is 10.0 Å². The average Bonchev–Trinajstić information content (AvgIpc) is 3.11. The summed E-state index contributed by atoms with van der Waals surface area (Å²) in [6.45, 7) is 6.95. The van der Waals surface area contributed by atoms with Gasteiger partial charge < -0.3 is 15.1 Å². The normalized spacial score (nSPS) is 18.7. The molecule has 33 heavy (non-hydrogen) atoms. The molecular formula is C25H34N4O3S. The highest BCUT2D eigenvalue weighted by Crippen LogP contribution is 2.24. The van der Waals surface area contributed by atoms with Gasteiger partial charge in [0, 0.05) is 56.2 Å². The molecule has 0 bridgehead atoms. The number of hydrogen-bond donors (Lipinski definition) is 1. The number of carbonyl (C=O) groups is 1. The molecule has 0 aromatic heterocycles. The van der Waals surface area contributed by atoms with E-state index in [0.717, 1.165) is 63.1 Å². The average molecular weight is 471 g/mol. The Bertz CT molecular complexity index is 1070. The zero-order valence-electron chi connectivity index (χ0n) is 19.6. The first-order valence-electron chi connectivity index (χ1n) is 11.8. The Morgan fingerprint density at radius 2 is 1.48 bits per heavy atom. The standard InChI is InChI=1S/C25H34N4O3S/c1-20-7-12-23(33(31,32)29-13-5-3-4-6-14-29)19-24(20)25(30)26-21-8-10-22(11-9-21)28-17-15-27(2)16-18-28/h7-12,19H,3-6,13-18H2,1-2H3,(H,26,30). The van der Waals surface area contributed by atoms with E-state index in [4.69, 9.17) is 0 Å². The molecule has 178 valence electrons. The third kappa shape index (κ3) is 5.57. The first kappa shape index (κ1) is 23.7. The highest BCUT2D eigenvalue weighted by molar-refractivity contribution is 7.89. The molecule has 0 radical (unpaired) electrons. The smallest absolute Gasteiger partial charge is 0.255 e. The van der Waals surface area contributed by atoms with Crippen LogP contribution >= 0.6 is 0 Å². The van der Waals surface area contributed by atoms with Crippen LogP contribution in [0.15, 0.2) is 47.4 Å². The van der Waals surface area contributed by atoms with Crippen LogP contribution in [0.1, 0.15) is 41.6 Å². The predicted molar refractivity (Wildman–Crippen MR) is 133 cm³/mol. The summed E-state index contributed by atoms with van der Waals surface area (Å²) in [7, 11) is -1.48. The van der Waals surface area contributed by atoms with Crippen molar-refractivity contribution >= 4 is 27.3 Å². The van der Waals surface area contributed by atoms with Gasteiger partial charge in [0.1, 0.15) is 0 Å². The fourth-order valence-electron chi connectivity index (χ4n) is 4.46. The van der Waals surface area contributed by atoms with Crippen LogP contribution in [0.4, 0.5) is 11.4 Å². The highest BCUT2D eigenvalue weighted by Gasteiger charge is 2.26. The maximum atomic E-state index is 13.2. The first-order valence-corrected chi connectivity index (χ1v) is 13.2. The second-order valence-electron chi connectivity index (χ2n) is 9.09. The molecule has 1 amide bonds. The quantitative estimate of drug-likeness (QED) is 0.723. The molecule has 2 aliphatic rings. The lowest BCUT2D eigenvalue weighted by atomic mass is 10.1. The molecule has 2 aromatic carbocycles. The van der Waals surface area contributed by atoms with Gasteiger partial charge in [0.25, 0.3) is 5.91 Å². The maximum Gasteiger partial charge on any atom is 0.255 e. The van der Waals surface area contributed by atoms with Crippen LogP contribution in [-0.4, -0.2) is 69.8 Å². The van der Waals surface area contributed by atoms with Gasteiger partial charge in [-0.2, -0.15) is 4.31 Å². The molecule has 2 heterocycles. The fraction of sp³-hybridized carbons (Fsp3) is 0.480. The molecule has 1 N–H and O–H groups in total. The van der Waals surface area contributed by atoms with Crippen molar-refractivity contribution in [3.63, 3.8) is 0 Å². The molecule has 0 aliphatic carbocycles. The Balaban J connectivity index is 1.48. The SMILES string of the molecule is Cc1ccc(S(=O)(=O)N2CCCCCC2)cc1C(=O)Nc1ccc(N2CCN(C)CC2)cc1. The van der Waals surface area contributed by atoms with E-state index in [-0.39, 0.29) is 10.8 Å². The van der Waals surface area contributed by atoms with Gasteiger partial charge in [-0.25, -0.2) is 8.42 Å². The van der Waals surface area contributed by atoms with Crippen LogP contribution in [0.2, 0.25) is 0 Å². The van der Waals surface area contributed by atoms with Gasteiger partial charge in [-0.05, 0) is 68.8 Å². The Morgan fingerprint density at radius 3 is 2.12 bits per heavy atom. The van der Waals surface area contributed by atoms with Crippen molar-refractivity contribution in [3.8, 4) is 0 Å². The molecular weight excluding hydrogens is 436 g/mol. The number of nitrogens with zero attached hydrogens (tertiary/aromatic N) is 3. The second-order valence-corrected chi connectivity index (χ2v) is 11.0. The van der Waals surface area contributed by atoms with Crippen molar-refractivity contribution in [3.05, 3.63) is 53.6 Å². The molecule has 2 saturated heterocycles. The van der Waals surface area contributed by atoms with Crippen LogP contribution < -0.4 is 10.2 Å². The minimum Gasteiger partial charge on any atom is -0.369 e. The van der Waals surface area contributed by atoms with Gasteiger partial charge >= 0.3 is 0 Å². The zero-order valence-corrected chi connectivity index (χ0v) is 20.4. The van der Waals surface area contributed by atoms with E-state index in [0.29, 0.717) is 24.3 Å². The number of anilines is 2. The third-order valence-corrected chi connectivity index (χ3v) is 8.54. The molecule has 2 aliphatic heterocycles. The maximum absolute atomic E-state index is 13.2. The van der Waals surface area contributed by atoms with Crippen molar-refractivity contribution in [2.75, 3.05) is 56.5 Å². The summed E-state index contributed by atoms with van der Waals surface area (Å²) in [6.07, 6.45) is 3.87. The molecule has 2 aromatic rings. The third-order valence-electron chi connectivity index (χ3n) is 6.65. The highest BCUT2D eigenvalue weighted by atomic mass is 32.2. The number of benzene rings is 2. The lowest BCUT2D eigenvalue weighted by molar-refractivity contribution is 0.102. The first-order chi connectivity index (χ1) is 15.8. The van der Waals surface area contributed by atoms with Gasteiger partial charge in [0.05, 0.1) is 4.90 Å². The van der Waals surface area contributed by atoms with E-state index >= 15 is 0 Å². The molecule has 7 nitrogen and oxygen atoms in total. The molecule has 0 atom stereocenters. The Labute approximate surface area is 197 Å². The summed E-state index contributed by atoms with van der Waals surface area (Å²) >= 11 is 0. The molecule has 0 spiro atoms. The number of amides is 1. The second kappa shape index (κ2) is 10.2. The number of rotatable bonds is 5. The van der Waals surface area contributed by atoms with E-state index in [1.165, 1.54) is 6.07 Å². The summed E-state index contributed by atoms with van der Waals surface area (Å²) < 4.78 is 27.9. The summed E-state index contributed by atoms with van der Waals surface area (Å²) in [5, 5.41) is 2.93. The largest absolute Gasteiger partial charge is 0.369 e. The van der Waals surface area contributed by atoms with Crippen molar-refractivity contribution in [2.45, 2.75) is 37.5 Å². The Kier molecular flexibility index (Phi) is 7.36. The number of piperazine rings is 1. The summed E-state index contributed by atoms with van der Waals surface area (Å²) in [6, 6.07) is 12.7. The van der Waals surface area contributed by atoms with Crippen molar-refractivity contribution < 1.29 is 13.2 Å². The molecule has 8 heteroatoms. The van der Waals surface area contributed by atoms with E-state index in [1.807, 2.05) is 31.2 Å². The van der Waals surface area contributed by atoms with Crippen molar-refractivity contribution in [2.24, 2.45) is 0 Å². The van der Waals surface area contributed by atoms with Crippen LogP contribution in [0.25, 0.3) is 0 Å². The van der Waals surface area contributed by atoms with Crippen LogP contribution in [0.5, 0.6) is 0 Å². The number of sulfonamides is 1. The molecule has 0 saturated carbocycles. The topological polar surface area (TPSA) is 73.0 Å². The summed E-state index contributed by atoms with van der Waals surface area (Å²) in [5.41, 5.74) is 2.96. The fourth-order valence-corrected chi connectivity index (χ4v) is 6.00. The number of likely N-dealkylation sites (N-methyl/N-ethyl adjacent to an activating group) is 1. The van der Waals surface area contributed by atoms with E-state index in [2.05, 4.69) is 22.2 Å². The summed E-state index contributed by atoms with van der Waals surface area (Å²) in [4.78, 5) is 17.9. The van der Waals surface area contributed by atoms with Crippen LogP contribution in [0, 0.1) is 6.92 Å². The van der Waals surface area contributed by atoms with Gasteiger partial charge in [-0.15, -0.1) is 0 Å². The zero-order chi connectivity index (χ0) is 23.4. The minimum atomic E-state index is -3.61. The van der Waals surface area contributed by atoms with Gasteiger partial charge in [-0.1, -0.05) is 18.9 Å². The van der Waals surface area contributed by atoms with Gasteiger partial charge in [0.2, 0.25) is 10.0 Å². The summed E-state index contributed by atoms with van der Waals surface area (Å²) in [5.74, 6) is -0.298. The van der Waals surface area contributed by atoms with E-state index in [9.17, 15) is 13.2 Å². The van der Waals surface area contributed by atoms with Crippen LogP contribution in [-0.2, 0) is 10.0 Å². The van der Waals surface area contributed by atoms with Gasteiger partial charge in [-0.3, -0.25) is 4.79 Å². The predicted octanol–water partition coefficient (Wildman–Crippen LogP) is 3.56.